The lowest BCUT2D eigenvalue weighted by Gasteiger charge is -2.42. The highest BCUT2D eigenvalue weighted by Crippen LogP contribution is 2.43. The highest BCUT2D eigenvalue weighted by Gasteiger charge is 2.48. The van der Waals surface area contributed by atoms with Gasteiger partial charge in [0.2, 0.25) is 5.91 Å². The Kier molecular flexibility index (Phi) is 4.10. The molecule has 6 heteroatoms. The zero-order valence-electron chi connectivity index (χ0n) is 13.9. The molecular weight excluding hydrogens is 320 g/mol. The molecule has 0 bridgehead atoms. The maximum Gasteiger partial charge on any atom is 0.221 e. The highest BCUT2D eigenvalue weighted by atomic mass is 32.1. The molecular formula is C18H22N4OS. The van der Waals surface area contributed by atoms with Gasteiger partial charge in [0.15, 0.2) is 0 Å². The third-order valence-corrected chi connectivity index (χ3v) is 6.15. The Bertz CT molecular complexity index is 722. The van der Waals surface area contributed by atoms with Gasteiger partial charge in [-0.05, 0) is 31.4 Å². The fourth-order valence-electron chi connectivity index (χ4n) is 4.11. The van der Waals surface area contributed by atoms with E-state index in [1.807, 2.05) is 19.2 Å². The second-order valence-corrected chi connectivity index (χ2v) is 7.94. The third-order valence-electron chi connectivity index (χ3n) is 5.33. The van der Waals surface area contributed by atoms with Crippen LogP contribution in [0, 0.1) is 6.92 Å². The number of carbonyl (C=O) groups is 1. The lowest BCUT2D eigenvalue weighted by molar-refractivity contribution is -0.120. The van der Waals surface area contributed by atoms with E-state index in [1.54, 1.807) is 17.5 Å². The second kappa shape index (κ2) is 6.26. The molecule has 4 rings (SSSR count). The van der Waals surface area contributed by atoms with Gasteiger partial charge < -0.3 is 5.32 Å². The fourth-order valence-corrected chi connectivity index (χ4v) is 4.71. The van der Waals surface area contributed by atoms with Crippen molar-refractivity contribution in [1.82, 2.24) is 20.2 Å². The maximum absolute atomic E-state index is 12.1. The molecule has 0 radical (unpaired) electrons. The molecule has 2 aliphatic heterocycles. The number of hydrogen-bond donors (Lipinski definition) is 1. The van der Waals surface area contributed by atoms with E-state index in [9.17, 15) is 4.79 Å². The summed E-state index contributed by atoms with van der Waals surface area (Å²) in [6, 6.07) is 4.07. The summed E-state index contributed by atoms with van der Waals surface area (Å²) in [4.78, 5) is 23.4. The van der Waals surface area contributed by atoms with Crippen molar-refractivity contribution in [3.8, 4) is 0 Å². The van der Waals surface area contributed by atoms with E-state index < -0.39 is 0 Å². The van der Waals surface area contributed by atoms with Gasteiger partial charge in [0.25, 0.3) is 0 Å². The van der Waals surface area contributed by atoms with Crippen molar-refractivity contribution in [2.24, 2.45) is 0 Å². The van der Waals surface area contributed by atoms with E-state index in [2.05, 4.69) is 31.6 Å². The first-order chi connectivity index (χ1) is 11.6. The van der Waals surface area contributed by atoms with Crippen LogP contribution in [0.1, 0.15) is 41.4 Å². The number of nitrogens with one attached hydrogen (secondary N) is 1. The number of aryl methyl sites for hydroxylation is 1. The van der Waals surface area contributed by atoms with E-state index in [-0.39, 0.29) is 17.4 Å². The molecule has 1 amide bonds. The molecule has 1 N–H and O–H groups in total. The van der Waals surface area contributed by atoms with Crippen LogP contribution < -0.4 is 5.32 Å². The summed E-state index contributed by atoms with van der Waals surface area (Å²) in [5.74, 6) is 0.412. The van der Waals surface area contributed by atoms with Gasteiger partial charge in [0.1, 0.15) is 0 Å². The van der Waals surface area contributed by atoms with Gasteiger partial charge in [-0.2, -0.15) is 0 Å². The van der Waals surface area contributed by atoms with E-state index in [0.717, 1.165) is 43.2 Å². The maximum atomic E-state index is 12.1. The number of pyridine rings is 1. The smallest absolute Gasteiger partial charge is 0.221 e. The van der Waals surface area contributed by atoms with Gasteiger partial charge in [-0.15, -0.1) is 11.3 Å². The molecule has 0 aromatic carbocycles. The molecule has 4 heterocycles. The largest absolute Gasteiger partial charge is 0.350 e. The average molecular weight is 342 g/mol. The van der Waals surface area contributed by atoms with Crippen molar-refractivity contribution in [2.75, 3.05) is 13.1 Å². The first-order valence-corrected chi connectivity index (χ1v) is 9.37. The van der Waals surface area contributed by atoms with Crippen molar-refractivity contribution >= 4 is 17.2 Å². The normalized spacial score (nSPS) is 23.5. The monoisotopic (exact) mass is 342 g/mol. The first-order valence-electron chi connectivity index (χ1n) is 8.49. The number of aromatic nitrogens is 2. The van der Waals surface area contributed by atoms with Crippen molar-refractivity contribution in [1.29, 1.82) is 0 Å². The van der Waals surface area contributed by atoms with Crippen molar-refractivity contribution in [3.63, 3.8) is 0 Å². The zero-order chi connectivity index (χ0) is 16.6. The average Bonchev–Trinajstić information content (AvgIpc) is 3.14. The van der Waals surface area contributed by atoms with Gasteiger partial charge >= 0.3 is 0 Å². The Morgan fingerprint density at radius 1 is 1.42 bits per heavy atom. The van der Waals surface area contributed by atoms with E-state index in [1.165, 1.54) is 5.56 Å². The summed E-state index contributed by atoms with van der Waals surface area (Å²) in [6.45, 7) is 4.94. The Morgan fingerprint density at radius 2 is 2.25 bits per heavy atom. The van der Waals surface area contributed by atoms with E-state index >= 15 is 0 Å². The second-order valence-electron chi connectivity index (χ2n) is 6.88. The standard InChI is InChI=1S/C18H22N4OS/c1-13-20-15(12-24-13)11-22-7-4-18(5-8-22)16(9-17(23)21-18)14-3-2-6-19-10-14/h2-3,6,10,12,16H,4-5,7-9,11H2,1H3,(H,21,23)/t16-/m1/s1. The van der Waals surface area contributed by atoms with E-state index in [4.69, 9.17) is 0 Å². The molecule has 1 spiro atoms. The summed E-state index contributed by atoms with van der Waals surface area (Å²) in [5, 5.41) is 6.57. The van der Waals surface area contributed by atoms with E-state index in [0.29, 0.717) is 6.42 Å². The lowest BCUT2D eigenvalue weighted by atomic mass is 9.75. The van der Waals surface area contributed by atoms with Crippen molar-refractivity contribution < 1.29 is 4.79 Å². The van der Waals surface area contributed by atoms with Gasteiger partial charge in [-0.1, -0.05) is 6.07 Å². The summed E-state index contributed by atoms with van der Waals surface area (Å²) in [7, 11) is 0. The number of carbonyl (C=O) groups excluding carboxylic acids is 1. The van der Waals surface area contributed by atoms with Crippen LogP contribution in [0.5, 0.6) is 0 Å². The predicted molar refractivity (Wildman–Crippen MR) is 93.8 cm³/mol. The Hall–Kier alpha value is -1.79. The SMILES string of the molecule is Cc1nc(CN2CCC3(CC2)NC(=O)C[C@@H]3c2cccnc2)cs1. The number of likely N-dealkylation sites (tertiary alicyclic amines) is 1. The number of amides is 1. The van der Waals surface area contributed by atoms with Crippen LogP contribution in [0.4, 0.5) is 0 Å². The minimum Gasteiger partial charge on any atom is -0.350 e. The summed E-state index contributed by atoms with van der Waals surface area (Å²) in [5.41, 5.74) is 2.24. The van der Waals surface area contributed by atoms with Crippen LogP contribution in [0.15, 0.2) is 29.9 Å². The molecule has 5 nitrogen and oxygen atoms in total. The summed E-state index contributed by atoms with van der Waals surface area (Å²) >= 11 is 1.71. The molecule has 2 saturated heterocycles. The number of thiazole rings is 1. The van der Waals surface area contributed by atoms with Crippen LogP contribution in [0.3, 0.4) is 0 Å². The van der Waals surface area contributed by atoms with Crippen LogP contribution in [-0.4, -0.2) is 39.4 Å². The quantitative estimate of drug-likeness (QED) is 0.931. The van der Waals surface area contributed by atoms with Crippen molar-refractivity contribution in [3.05, 3.63) is 46.2 Å². The van der Waals surface area contributed by atoms with Crippen LogP contribution in [-0.2, 0) is 11.3 Å². The molecule has 2 aromatic rings. The Morgan fingerprint density at radius 3 is 2.92 bits per heavy atom. The topological polar surface area (TPSA) is 58.1 Å². The predicted octanol–water partition coefficient (Wildman–Crippen LogP) is 2.48. The number of rotatable bonds is 3. The molecule has 1 atom stereocenters. The molecule has 0 aliphatic carbocycles. The minimum absolute atomic E-state index is 0.103. The van der Waals surface area contributed by atoms with Gasteiger partial charge in [0, 0.05) is 55.3 Å². The highest BCUT2D eigenvalue weighted by molar-refractivity contribution is 7.09. The molecule has 24 heavy (non-hydrogen) atoms. The first kappa shape index (κ1) is 15.7. The molecule has 0 saturated carbocycles. The third kappa shape index (κ3) is 2.96. The zero-order valence-corrected chi connectivity index (χ0v) is 14.7. The molecule has 2 aliphatic rings. The van der Waals surface area contributed by atoms with Crippen LogP contribution >= 0.6 is 11.3 Å². The van der Waals surface area contributed by atoms with Crippen LogP contribution in [0.2, 0.25) is 0 Å². The number of nitrogens with zero attached hydrogens (tertiary/aromatic N) is 3. The molecule has 126 valence electrons. The summed E-state index contributed by atoms with van der Waals surface area (Å²) in [6.07, 6.45) is 6.26. The molecule has 2 fully saturated rings. The van der Waals surface area contributed by atoms with Gasteiger partial charge in [-0.3, -0.25) is 14.7 Å². The van der Waals surface area contributed by atoms with Crippen molar-refractivity contribution in [2.45, 2.75) is 44.2 Å². The number of piperidine rings is 1. The molecule has 0 unspecified atom stereocenters. The lowest BCUT2D eigenvalue weighted by Crippen LogP contribution is -2.53. The molecule has 2 aromatic heterocycles. The Balaban J connectivity index is 1.47. The minimum atomic E-state index is -0.103. The number of hydrogen-bond acceptors (Lipinski definition) is 5. The summed E-state index contributed by atoms with van der Waals surface area (Å²) < 4.78 is 0. The van der Waals surface area contributed by atoms with Gasteiger partial charge in [-0.25, -0.2) is 4.98 Å². The van der Waals surface area contributed by atoms with Crippen LogP contribution in [0.25, 0.3) is 0 Å². The fraction of sp³-hybridized carbons (Fsp3) is 0.500. The Labute approximate surface area is 146 Å². The van der Waals surface area contributed by atoms with Gasteiger partial charge in [0.05, 0.1) is 10.7 Å².